The normalized spacial score (nSPS) is 10.3. The summed E-state index contributed by atoms with van der Waals surface area (Å²) in [5.41, 5.74) is 1.38. The van der Waals surface area contributed by atoms with Crippen molar-refractivity contribution < 1.29 is 4.79 Å². The van der Waals surface area contributed by atoms with E-state index in [9.17, 15) is 4.79 Å². The smallest absolute Gasteiger partial charge is 0.258 e. The molecule has 0 spiro atoms. The number of aromatic nitrogens is 2. The van der Waals surface area contributed by atoms with Crippen LogP contribution < -0.4 is 5.32 Å². The molecule has 1 aromatic carbocycles. The van der Waals surface area contributed by atoms with Crippen LogP contribution in [0.1, 0.15) is 15.9 Å². The van der Waals surface area contributed by atoms with Crippen molar-refractivity contribution in [2.75, 3.05) is 5.32 Å². The zero-order valence-electron chi connectivity index (χ0n) is 9.75. The maximum Gasteiger partial charge on any atom is 0.258 e. The van der Waals surface area contributed by atoms with E-state index in [1.165, 1.54) is 6.20 Å². The first-order valence-electron chi connectivity index (χ1n) is 5.23. The predicted octanol–water partition coefficient (Wildman–Crippen LogP) is 4.22. The number of benzene rings is 1. The van der Waals surface area contributed by atoms with Crippen LogP contribution in [0.15, 0.2) is 33.6 Å². The molecule has 1 heterocycles. The van der Waals surface area contributed by atoms with Gasteiger partial charge in [-0.15, -0.1) is 0 Å². The highest BCUT2D eigenvalue weighted by molar-refractivity contribution is 9.11. The van der Waals surface area contributed by atoms with Crippen molar-refractivity contribution in [1.29, 1.82) is 0 Å². The van der Waals surface area contributed by atoms with Crippen LogP contribution in [0, 0.1) is 6.92 Å². The number of anilines is 1. The van der Waals surface area contributed by atoms with Crippen molar-refractivity contribution >= 4 is 55.2 Å². The molecule has 7 heteroatoms. The SMILES string of the molecule is Cc1ccc(C(=O)Nc2ncc(Br)nc2Br)c(Cl)c1. The van der Waals surface area contributed by atoms with Crippen LogP contribution in [-0.4, -0.2) is 15.9 Å². The summed E-state index contributed by atoms with van der Waals surface area (Å²) in [7, 11) is 0. The molecule has 98 valence electrons. The van der Waals surface area contributed by atoms with E-state index in [0.29, 0.717) is 25.6 Å². The number of nitrogens with zero attached hydrogens (tertiary/aromatic N) is 2. The quantitative estimate of drug-likeness (QED) is 0.814. The van der Waals surface area contributed by atoms with Crippen molar-refractivity contribution in [2.24, 2.45) is 0 Å². The molecular weight excluding hydrogens is 397 g/mol. The third kappa shape index (κ3) is 3.52. The lowest BCUT2D eigenvalue weighted by Gasteiger charge is -2.07. The summed E-state index contributed by atoms with van der Waals surface area (Å²) in [4.78, 5) is 20.2. The predicted molar refractivity (Wildman–Crippen MR) is 81.6 cm³/mol. The van der Waals surface area contributed by atoms with Crippen molar-refractivity contribution in [3.8, 4) is 0 Å². The number of hydrogen-bond acceptors (Lipinski definition) is 3. The molecule has 0 aliphatic carbocycles. The second kappa shape index (κ2) is 5.98. The molecule has 19 heavy (non-hydrogen) atoms. The Morgan fingerprint density at radius 2 is 2.11 bits per heavy atom. The minimum atomic E-state index is -0.331. The number of halogens is 3. The molecule has 0 saturated carbocycles. The number of amides is 1. The van der Waals surface area contributed by atoms with Crippen molar-refractivity contribution in [2.45, 2.75) is 6.92 Å². The Morgan fingerprint density at radius 3 is 2.74 bits per heavy atom. The third-order valence-corrected chi connectivity index (χ3v) is 3.55. The Balaban J connectivity index is 2.25. The molecule has 0 aliphatic rings. The summed E-state index contributed by atoms with van der Waals surface area (Å²) in [5, 5.41) is 3.05. The zero-order valence-corrected chi connectivity index (χ0v) is 13.7. The van der Waals surface area contributed by atoms with Crippen LogP contribution in [0.25, 0.3) is 0 Å². The summed E-state index contributed by atoms with van der Waals surface area (Å²) in [5.74, 6) is 0.00663. The lowest BCUT2D eigenvalue weighted by atomic mass is 10.1. The second-order valence-electron chi connectivity index (χ2n) is 3.77. The largest absolute Gasteiger partial charge is 0.304 e. The van der Waals surface area contributed by atoms with Gasteiger partial charge in [-0.25, -0.2) is 9.97 Å². The van der Waals surface area contributed by atoms with Gasteiger partial charge in [-0.1, -0.05) is 17.7 Å². The highest BCUT2D eigenvalue weighted by Gasteiger charge is 2.13. The van der Waals surface area contributed by atoms with E-state index in [0.717, 1.165) is 5.56 Å². The van der Waals surface area contributed by atoms with E-state index in [-0.39, 0.29) is 5.91 Å². The number of carbonyl (C=O) groups is 1. The molecule has 0 aliphatic heterocycles. The van der Waals surface area contributed by atoms with Crippen molar-refractivity contribution in [3.63, 3.8) is 0 Å². The Morgan fingerprint density at radius 1 is 1.37 bits per heavy atom. The Labute approximate surface area is 131 Å². The summed E-state index contributed by atoms with van der Waals surface area (Å²) >= 11 is 12.5. The molecule has 0 saturated heterocycles. The first-order chi connectivity index (χ1) is 8.97. The van der Waals surface area contributed by atoms with Gasteiger partial charge in [-0.2, -0.15) is 0 Å². The van der Waals surface area contributed by atoms with Crippen LogP contribution in [0.3, 0.4) is 0 Å². The summed E-state index contributed by atoms with van der Waals surface area (Å²) in [6, 6.07) is 5.23. The van der Waals surface area contributed by atoms with E-state index < -0.39 is 0 Å². The van der Waals surface area contributed by atoms with E-state index in [1.807, 2.05) is 13.0 Å². The number of rotatable bonds is 2. The van der Waals surface area contributed by atoms with Crippen LogP contribution >= 0.6 is 43.5 Å². The van der Waals surface area contributed by atoms with Crippen LogP contribution in [0.5, 0.6) is 0 Å². The van der Waals surface area contributed by atoms with Gasteiger partial charge in [0.15, 0.2) is 5.82 Å². The molecule has 2 rings (SSSR count). The van der Waals surface area contributed by atoms with E-state index in [1.54, 1.807) is 12.1 Å². The van der Waals surface area contributed by atoms with Crippen LogP contribution in [0.4, 0.5) is 5.82 Å². The molecule has 0 radical (unpaired) electrons. The fraction of sp³-hybridized carbons (Fsp3) is 0.0833. The molecule has 0 fully saturated rings. The third-order valence-electron chi connectivity index (χ3n) is 2.30. The maximum atomic E-state index is 12.1. The second-order valence-corrected chi connectivity index (χ2v) is 5.74. The van der Waals surface area contributed by atoms with Gasteiger partial charge in [0.2, 0.25) is 0 Å². The number of aryl methyl sites for hydroxylation is 1. The van der Waals surface area contributed by atoms with Gasteiger partial charge < -0.3 is 5.32 Å². The molecule has 4 nitrogen and oxygen atoms in total. The first kappa shape index (κ1) is 14.4. The van der Waals surface area contributed by atoms with E-state index >= 15 is 0 Å². The van der Waals surface area contributed by atoms with Gasteiger partial charge in [0, 0.05) is 0 Å². The molecule has 1 aromatic heterocycles. The molecule has 0 atom stereocenters. The van der Waals surface area contributed by atoms with Gasteiger partial charge >= 0.3 is 0 Å². The average molecular weight is 405 g/mol. The van der Waals surface area contributed by atoms with Crippen molar-refractivity contribution in [3.05, 3.63) is 49.8 Å². The molecule has 0 bridgehead atoms. The van der Waals surface area contributed by atoms with Gasteiger partial charge in [0.05, 0.1) is 16.8 Å². The lowest BCUT2D eigenvalue weighted by Crippen LogP contribution is -2.14. The fourth-order valence-corrected chi connectivity index (χ4v) is 2.64. The van der Waals surface area contributed by atoms with E-state index in [2.05, 4.69) is 47.1 Å². The zero-order chi connectivity index (χ0) is 14.0. The van der Waals surface area contributed by atoms with Crippen LogP contribution in [-0.2, 0) is 0 Å². The fourth-order valence-electron chi connectivity index (χ4n) is 1.41. The summed E-state index contributed by atoms with van der Waals surface area (Å²) in [6.45, 7) is 1.91. The molecular formula is C12H8Br2ClN3O. The molecule has 1 amide bonds. The minimum absolute atomic E-state index is 0.331. The molecule has 0 unspecified atom stereocenters. The van der Waals surface area contributed by atoms with Crippen molar-refractivity contribution in [1.82, 2.24) is 9.97 Å². The Bertz CT molecular complexity index is 649. The topological polar surface area (TPSA) is 54.9 Å². The van der Waals surface area contributed by atoms with Gasteiger partial charge in [-0.3, -0.25) is 4.79 Å². The van der Waals surface area contributed by atoms with E-state index in [4.69, 9.17) is 11.6 Å². The number of nitrogens with one attached hydrogen (secondary N) is 1. The molecule has 2 aromatic rings. The summed E-state index contributed by atoms with van der Waals surface area (Å²) in [6.07, 6.45) is 1.50. The standard InChI is InChI=1S/C12H8Br2ClN3O/c1-6-2-3-7(8(15)4-6)12(19)18-11-10(14)17-9(13)5-16-11/h2-5H,1H3,(H,16,18,19). The minimum Gasteiger partial charge on any atom is -0.304 e. The highest BCUT2D eigenvalue weighted by Crippen LogP contribution is 2.22. The summed E-state index contributed by atoms with van der Waals surface area (Å²) < 4.78 is 1.02. The number of hydrogen-bond donors (Lipinski definition) is 1. The van der Waals surface area contributed by atoms with Gasteiger partial charge in [-0.05, 0) is 56.5 Å². The monoisotopic (exact) mass is 403 g/mol. The van der Waals surface area contributed by atoms with Gasteiger partial charge in [0.1, 0.15) is 9.21 Å². The Hall–Kier alpha value is -0.980. The average Bonchev–Trinajstić information content (AvgIpc) is 2.32. The lowest BCUT2D eigenvalue weighted by molar-refractivity contribution is 0.102. The first-order valence-corrected chi connectivity index (χ1v) is 7.19. The Kier molecular flexibility index (Phi) is 4.54. The highest BCUT2D eigenvalue weighted by atomic mass is 79.9. The van der Waals surface area contributed by atoms with Gasteiger partial charge in [0.25, 0.3) is 5.91 Å². The van der Waals surface area contributed by atoms with Crippen LogP contribution in [0.2, 0.25) is 5.02 Å². The molecule has 1 N–H and O–H groups in total. The maximum absolute atomic E-state index is 12.1. The number of carbonyl (C=O) groups excluding carboxylic acids is 1.